The zero-order valence-corrected chi connectivity index (χ0v) is 31.1. The van der Waals surface area contributed by atoms with E-state index in [2.05, 4.69) is 187 Å². The molecule has 3 heterocycles. The highest BCUT2D eigenvalue weighted by Crippen LogP contribution is 2.43. The molecule has 0 aliphatic heterocycles. The molecule has 0 fully saturated rings. The summed E-state index contributed by atoms with van der Waals surface area (Å²) in [7, 11) is 0. The predicted molar refractivity (Wildman–Crippen MR) is 236 cm³/mol. The van der Waals surface area contributed by atoms with Gasteiger partial charge in [0.15, 0.2) is 5.82 Å². The molecular weight excluding hydrogens is 699 g/mol. The van der Waals surface area contributed by atoms with Gasteiger partial charge in [-0.3, -0.25) is 0 Å². The minimum absolute atomic E-state index is 0.732. The molecule has 56 heavy (non-hydrogen) atoms. The van der Waals surface area contributed by atoms with Gasteiger partial charge in [-0.25, -0.2) is 9.97 Å². The Morgan fingerprint density at radius 2 is 0.982 bits per heavy atom. The van der Waals surface area contributed by atoms with E-state index in [1.165, 1.54) is 54.3 Å². The van der Waals surface area contributed by atoms with E-state index < -0.39 is 0 Å². The quantitative estimate of drug-likeness (QED) is 0.170. The maximum absolute atomic E-state index is 5.27. The third-order valence-corrected chi connectivity index (χ3v) is 12.0. The van der Waals surface area contributed by atoms with Crippen molar-refractivity contribution in [2.45, 2.75) is 0 Å². The largest absolute Gasteiger partial charge is 0.309 e. The molecule has 0 bridgehead atoms. The average Bonchev–Trinajstić information content (AvgIpc) is 3.83. The number of para-hydroxylation sites is 2. The maximum Gasteiger partial charge on any atom is 0.160 e. The average molecular weight is 732 g/mol. The van der Waals surface area contributed by atoms with E-state index in [1.54, 1.807) is 11.3 Å². The smallest absolute Gasteiger partial charge is 0.160 e. The first-order chi connectivity index (χ1) is 27.8. The van der Waals surface area contributed by atoms with Crippen LogP contribution in [0.2, 0.25) is 0 Å². The van der Waals surface area contributed by atoms with Crippen molar-refractivity contribution >= 4 is 53.4 Å². The Hall–Kier alpha value is -7.14. The zero-order chi connectivity index (χ0) is 37.0. The second-order valence-electron chi connectivity index (χ2n) is 14.2. The van der Waals surface area contributed by atoms with Crippen LogP contribution in [0.4, 0.5) is 0 Å². The number of hydrogen-bond donors (Lipinski definition) is 0. The number of thiophene rings is 1. The van der Waals surface area contributed by atoms with Crippen LogP contribution in [0.15, 0.2) is 200 Å². The van der Waals surface area contributed by atoms with Crippen LogP contribution >= 0.6 is 11.3 Å². The van der Waals surface area contributed by atoms with Crippen molar-refractivity contribution in [1.29, 1.82) is 0 Å². The fraction of sp³-hybridized carbons (Fsp3) is 0. The van der Waals surface area contributed by atoms with Gasteiger partial charge >= 0.3 is 0 Å². The van der Waals surface area contributed by atoms with Gasteiger partial charge in [0.25, 0.3) is 0 Å². The summed E-state index contributed by atoms with van der Waals surface area (Å²) in [6, 6.07) is 71.5. The lowest BCUT2D eigenvalue weighted by Crippen LogP contribution is -1.93. The predicted octanol–water partition coefficient (Wildman–Crippen LogP) is 14.3. The lowest BCUT2D eigenvalue weighted by molar-refractivity contribution is 1.18. The molecule has 262 valence electrons. The highest BCUT2D eigenvalue weighted by Gasteiger charge is 2.19. The van der Waals surface area contributed by atoms with Crippen molar-refractivity contribution < 1.29 is 0 Å². The molecule has 11 aromatic rings. The third kappa shape index (κ3) is 5.42. The molecule has 0 atom stereocenters. The molecule has 0 saturated heterocycles. The molecule has 0 spiro atoms. The summed E-state index contributed by atoms with van der Waals surface area (Å²) in [5.41, 5.74) is 14.7. The van der Waals surface area contributed by atoms with Gasteiger partial charge in [-0.15, -0.1) is 11.3 Å². The van der Waals surface area contributed by atoms with E-state index in [4.69, 9.17) is 9.97 Å². The minimum Gasteiger partial charge on any atom is -0.309 e. The molecule has 3 nitrogen and oxygen atoms in total. The van der Waals surface area contributed by atoms with Crippen molar-refractivity contribution in [3.8, 4) is 61.7 Å². The van der Waals surface area contributed by atoms with Crippen molar-refractivity contribution in [3.05, 3.63) is 200 Å². The van der Waals surface area contributed by atoms with Gasteiger partial charge in [-0.1, -0.05) is 158 Å². The van der Waals surface area contributed by atoms with Crippen LogP contribution in [0, 0.1) is 0 Å². The zero-order valence-electron chi connectivity index (χ0n) is 30.3. The summed E-state index contributed by atoms with van der Waals surface area (Å²) in [5, 5.41) is 3.65. The molecule has 3 aromatic heterocycles. The fourth-order valence-corrected chi connectivity index (χ4v) is 9.30. The van der Waals surface area contributed by atoms with E-state index in [-0.39, 0.29) is 0 Å². The van der Waals surface area contributed by atoms with Gasteiger partial charge in [-0.2, -0.15) is 0 Å². The Morgan fingerprint density at radius 3 is 1.79 bits per heavy atom. The van der Waals surface area contributed by atoms with Crippen LogP contribution in [0.25, 0.3) is 104 Å². The Balaban J connectivity index is 1.06. The van der Waals surface area contributed by atoms with Crippen molar-refractivity contribution in [1.82, 2.24) is 14.5 Å². The number of nitrogens with zero attached hydrogens (tertiary/aromatic N) is 3. The van der Waals surface area contributed by atoms with Gasteiger partial charge in [0, 0.05) is 37.7 Å². The first-order valence-corrected chi connectivity index (χ1v) is 19.7. The highest BCUT2D eigenvalue weighted by molar-refractivity contribution is 7.26. The molecule has 0 N–H and O–H groups in total. The first-order valence-electron chi connectivity index (χ1n) is 18.9. The molecule has 0 radical (unpaired) electrons. The second-order valence-corrected chi connectivity index (χ2v) is 15.2. The molecule has 0 aliphatic carbocycles. The van der Waals surface area contributed by atoms with Crippen LogP contribution in [-0.2, 0) is 0 Å². The van der Waals surface area contributed by atoms with Gasteiger partial charge in [-0.05, 0) is 75.8 Å². The minimum atomic E-state index is 0.732. The summed E-state index contributed by atoms with van der Waals surface area (Å²) in [5.74, 6) is 0.732. The molecule has 0 amide bonds. The number of benzene rings is 8. The number of hydrogen-bond acceptors (Lipinski definition) is 3. The summed E-state index contributed by atoms with van der Waals surface area (Å²) in [4.78, 5) is 10.5. The maximum atomic E-state index is 5.27. The van der Waals surface area contributed by atoms with Gasteiger partial charge in [0.05, 0.1) is 26.9 Å². The van der Waals surface area contributed by atoms with Crippen LogP contribution in [0.5, 0.6) is 0 Å². The number of aromatic nitrogens is 3. The first kappa shape index (κ1) is 32.3. The monoisotopic (exact) mass is 731 g/mol. The van der Waals surface area contributed by atoms with E-state index in [1.807, 2.05) is 18.2 Å². The normalized spacial score (nSPS) is 11.6. The van der Waals surface area contributed by atoms with Crippen LogP contribution < -0.4 is 0 Å². The summed E-state index contributed by atoms with van der Waals surface area (Å²) >= 11 is 1.77. The van der Waals surface area contributed by atoms with Crippen molar-refractivity contribution in [3.63, 3.8) is 0 Å². The Morgan fingerprint density at radius 1 is 0.393 bits per heavy atom. The second kappa shape index (κ2) is 13.3. The van der Waals surface area contributed by atoms with Crippen LogP contribution in [-0.4, -0.2) is 14.5 Å². The summed E-state index contributed by atoms with van der Waals surface area (Å²) in [6.45, 7) is 0. The molecular formula is C52H33N3S. The number of fused-ring (bicyclic) bond motifs is 6. The molecule has 0 aliphatic rings. The highest BCUT2D eigenvalue weighted by atomic mass is 32.1. The fourth-order valence-electron chi connectivity index (χ4n) is 8.17. The molecule has 0 saturated carbocycles. The molecule has 8 aromatic carbocycles. The van der Waals surface area contributed by atoms with Gasteiger partial charge < -0.3 is 4.57 Å². The van der Waals surface area contributed by atoms with E-state index in [9.17, 15) is 0 Å². The van der Waals surface area contributed by atoms with E-state index in [0.717, 1.165) is 49.5 Å². The Labute approximate surface area is 328 Å². The SMILES string of the molecule is c1ccc(-c2ccc(-c3nc(-c4ccccc4)nc4c3sc3ccc(-c5cccc(-c6cccc7c6c6ccccc6n7-c6ccccc6)c5)cc34)cc2)cc1. The Kier molecular flexibility index (Phi) is 7.68. The third-order valence-electron chi connectivity index (χ3n) is 10.8. The van der Waals surface area contributed by atoms with Crippen LogP contribution in [0.1, 0.15) is 0 Å². The van der Waals surface area contributed by atoms with E-state index >= 15 is 0 Å². The van der Waals surface area contributed by atoms with E-state index in [0.29, 0.717) is 0 Å². The lowest BCUT2D eigenvalue weighted by Gasteiger charge is -2.10. The van der Waals surface area contributed by atoms with Gasteiger partial charge in [0.2, 0.25) is 0 Å². The molecule has 4 heteroatoms. The van der Waals surface area contributed by atoms with Crippen LogP contribution in [0.3, 0.4) is 0 Å². The standard InChI is InChI=1S/C52H33N3S/c1-4-14-34(15-5-1)35-26-28-36(29-27-35)49-51-50(54-52(53-49)37-16-6-2-7-17-37)44-33-39(30-31-47(44)56-51)38-18-12-19-40(32-38)42-23-13-25-46-48(42)43-22-10-11-24-45(43)55(46)41-20-8-3-9-21-41/h1-33H. The molecule has 11 rings (SSSR count). The van der Waals surface area contributed by atoms with Gasteiger partial charge in [0.1, 0.15) is 0 Å². The summed E-state index contributed by atoms with van der Waals surface area (Å²) in [6.07, 6.45) is 0. The molecule has 0 unspecified atom stereocenters. The topological polar surface area (TPSA) is 30.7 Å². The van der Waals surface area contributed by atoms with Crippen molar-refractivity contribution in [2.24, 2.45) is 0 Å². The summed E-state index contributed by atoms with van der Waals surface area (Å²) < 4.78 is 4.67. The lowest BCUT2D eigenvalue weighted by atomic mass is 9.95. The van der Waals surface area contributed by atoms with Crippen molar-refractivity contribution in [2.75, 3.05) is 0 Å². The Bertz CT molecular complexity index is 3220. The number of rotatable bonds is 6.